The molecule has 4 rings (SSSR count). The average molecular weight is 492 g/mol. The van der Waals surface area contributed by atoms with Gasteiger partial charge in [0.15, 0.2) is 0 Å². The van der Waals surface area contributed by atoms with E-state index in [-0.39, 0.29) is 12.5 Å². The van der Waals surface area contributed by atoms with Crippen molar-refractivity contribution in [3.8, 4) is 0 Å². The fourth-order valence-corrected chi connectivity index (χ4v) is 4.60. The molecule has 0 bridgehead atoms. The molecule has 9 nitrogen and oxygen atoms in total. The van der Waals surface area contributed by atoms with Crippen molar-refractivity contribution in [3.05, 3.63) is 67.0 Å². The van der Waals surface area contributed by atoms with Gasteiger partial charge in [0.05, 0.1) is 6.61 Å². The Morgan fingerprint density at radius 2 is 2.03 bits per heavy atom. The van der Waals surface area contributed by atoms with Crippen molar-refractivity contribution < 1.29 is 9.90 Å². The van der Waals surface area contributed by atoms with Crippen LogP contribution in [-0.4, -0.2) is 70.2 Å². The minimum absolute atomic E-state index is 0.192. The van der Waals surface area contributed by atoms with Crippen LogP contribution in [0.3, 0.4) is 0 Å². The van der Waals surface area contributed by atoms with Gasteiger partial charge in [0.25, 0.3) is 0 Å². The minimum atomic E-state index is -0.251. The highest BCUT2D eigenvalue weighted by Crippen LogP contribution is 2.31. The first-order valence-electron chi connectivity index (χ1n) is 11.4. The molecule has 3 aromatic rings. The largest absolute Gasteiger partial charge is 0.395 e. The molecule has 1 fully saturated rings. The number of piperazine rings is 1. The Bertz CT molecular complexity index is 1180. The molecule has 0 radical (unpaired) electrons. The van der Waals surface area contributed by atoms with Crippen LogP contribution in [0.5, 0.6) is 0 Å². The van der Waals surface area contributed by atoms with Gasteiger partial charge in [-0.25, -0.2) is 15.0 Å². The number of hydrogen-bond acceptors (Lipinski definition) is 9. The summed E-state index contributed by atoms with van der Waals surface area (Å²) in [6, 6.07) is 11.6. The Morgan fingerprint density at radius 1 is 1.20 bits per heavy atom. The summed E-state index contributed by atoms with van der Waals surface area (Å²) < 4.78 is 0. The number of carbonyl (C=O) groups is 1. The van der Waals surface area contributed by atoms with Crippen LogP contribution in [0.1, 0.15) is 5.56 Å². The minimum Gasteiger partial charge on any atom is -0.395 e. The number of hydrogen-bond donors (Lipinski definition) is 3. The van der Waals surface area contributed by atoms with E-state index in [1.165, 1.54) is 17.8 Å². The number of pyridine rings is 1. The third-order valence-corrected chi connectivity index (χ3v) is 6.66. The topological polar surface area (TPSA) is 107 Å². The standard InChI is InChI=1S/C25H29N7O2S/c1-3-23(34)28-19-5-4-6-21(15-19)35-24-18(2)17-27-25(30-24)29-22-16-20(7-8-26-22)32-11-9-31(10-12-32)13-14-33/h3-8,15-17,33H,1,9-14H2,2H3,(H,28,34)(H,26,27,29,30). The van der Waals surface area contributed by atoms with Crippen molar-refractivity contribution in [2.45, 2.75) is 16.8 Å². The van der Waals surface area contributed by atoms with Crippen LogP contribution < -0.4 is 15.5 Å². The summed E-state index contributed by atoms with van der Waals surface area (Å²) >= 11 is 1.50. The molecule has 0 aliphatic carbocycles. The predicted molar refractivity (Wildman–Crippen MR) is 139 cm³/mol. The molecule has 0 atom stereocenters. The summed E-state index contributed by atoms with van der Waals surface area (Å²) in [5, 5.41) is 16.0. The number of nitrogens with zero attached hydrogens (tertiary/aromatic N) is 5. The molecule has 35 heavy (non-hydrogen) atoms. The second kappa shape index (κ2) is 11.8. The highest BCUT2D eigenvalue weighted by molar-refractivity contribution is 7.99. The van der Waals surface area contributed by atoms with Crippen LogP contribution in [0, 0.1) is 6.92 Å². The fourth-order valence-electron chi connectivity index (χ4n) is 3.70. The first-order chi connectivity index (χ1) is 17.0. The Balaban J connectivity index is 1.44. The first kappa shape index (κ1) is 24.6. The van der Waals surface area contributed by atoms with E-state index in [1.54, 1.807) is 12.4 Å². The van der Waals surface area contributed by atoms with Crippen LogP contribution >= 0.6 is 11.8 Å². The molecule has 2 aromatic heterocycles. The maximum absolute atomic E-state index is 11.6. The predicted octanol–water partition coefficient (Wildman–Crippen LogP) is 3.31. The van der Waals surface area contributed by atoms with Crippen LogP contribution in [0.15, 0.2) is 71.4 Å². The molecule has 0 saturated carbocycles. The van der Waals surface area contributed by atoms with Crippen molar-refractivity contribution in [1.29, 1.82) is 0 Å². The van der Waals surface area contributed by atoms with E-state index in [1.807, 2.05) is 43.3 Å². The van der Waals surface area contributed by atoms with Gasteiger partial charge in [-0.2, -0.15) is 0 Å². The van der Waals surface area contributed by atoms with Gasteiger partial charge in [0.2, 0.25) is 11.9 Å². The third kappa shape index (κ3) is 6.78. The molecule has 1 aliphatic rings. The second-order valence-electron chi connectivity index (χ2n) is 8.08. The number of rotatable bonds is 9. The Morgan fingerprint density at radius 3 is 2.80 bits per heavy atom. The molecule has 1 amide bonds. The van der Waals surface area contributed by atoms with Gasteiger partial charge in [-0.15, -0.1) is 0 Å². The number of amides is 1. The van der Waals surface area contributed by atoms with Crippen molar-refractivity contribution >= 4 is 40.8 Å². The number of aryl methyl sites for hydroxylation is 1. The average Bonchev–Trinajstić information content (AvgIpc) is 2.87. The highest BCUT2D eigenvalue weighted by Gasteiger charge is 2.17. The SMILES string of the molecule is C=CC(=O)Nc1cccc(Sc2nc(Nc3cc(N4CCN(CCO)CC4)ccn3)ncc2C)c1. The van der Waals surface area contributed by atoms with E-state index in [0.717, 1.165) is 53.9 Å². The van der Waals surface area contributed by atoms with Crippen molar-refractivity contribution in [2.75, 3.05) is 54.9 Å². The maximum Gasteiger partial charge on any atom is 0.247 e. The maximum atomic E-state index is 11.6. The van der Waals surface area contributed by atoms with E-state index in [4.69, 9.17) is 10.1 Å². The molecule has 0 unspecified atom stereocenters. The number of nitrogens with one attached hydrogen (secondary N) is 2. The Kier molecular flexibility index (Phi) is 8.30. The summed E-state index contributed by atoms with van der Waals surface area (Å²) in [6.45, 7) is 10.0. The molecule has 0 spiro atoms. The number of benzene rings is 1. The van der Waals surface area contributed by atoms with Crippen molar-refractivity contribution in [3.63, 3.8) is 0 Å². The van der Waals surface area contributed by atoms with Crippen LogP contribution in [0.25, 0.3) is 0 Å². The zero-order valence-electron chi connectivity index (χ0n) is 19.6. The van der Waals surface area contributed by atoms with Gasteiger partial charge in [0.1, 0.15) is 10.8 Å². The molecule has 1 aromatic carbocycles. The molecule has 1 saturated heterocycles. The molecular formula is C25H29N7O2S. The Hall–Kier alpha value is -3.47. The summed E-state index contributed by atoms with van der Waals surface area (Å²) in [4.78, 5) is 30.7. The van der Waals surface area contributed by atoms with Gasteiger partial charge in [-0.3, -0.25) is 9.69 Å². The van der Waals surface area contributed by atoms with Gasteiger partial charge >= 0.3 is 0 Å². The van der Waals surface area contributed by atoms with E-state index < -0.39 is 0 Å². The second-order valence-corrected chi connectivity index (χ2v) is 9.14. The number of β-amino-alcohol motifs (C(OH)–C–C–N with tert-alkyl or cyclic N) is 1. The lowest BCUT2D eigenvalue weighted by Crippen LogP contribution is -2.47. The van der Waals surface area contributed by atoms with E-state index >= 15 is 0 Å². The van der Waals surface area contributed by atoms with Gasteiger partial charge in [-0.1, -0.05) is 24.4 Å². The molecular weight excluding hydrogens is 462 g/mol. The summed E-state index contributed by atoms with van der Waals surface area (Å²) in [7, 11) is 0. The number of aliphatic hydroxyl groups excluding tert-OH is 1. The van der Waals surface area contributed by atoms with Crippen molar-refractivity contribution in [2.24, 2.45) is 0 Å². The fraction of sp³-hybridized carbons (Fsp3) is 0.280. The molecule has 3 heterocycles. The Labute approximate surface area is 209 Å². The van der Waals surface area contributed by atoms with Gasteiger partial charge in [-0.05, 0) is 37.3 Å². The number of aliphatic hydroxyl groups is 1. The van der Waals surface area contributed by atoms with E-state index in [0.29, 0.717) is 17.5 Å². The molecule has 10 heteroatoms. The lowest BCUT2D eigenvalue weighted by atomic mass is 10.2. The van der Waals surface area contributed by atoms with Crippen LogP contribution in [0.4, 0.5) is 23.1 Å². The van der Waals surface area contributed by atoms with E-state index in [2.05, 4.69) is 37.0 Å². The quantitative estimate of drug-likeness (QED) is 0.307. The van der Waals surface area contributed by atoms with Crippen LogP contribution in [-0.2, 0) is 4.79 Å². The highest BCUT2D eigenvalue weighted by atomic mass is 32.2. The summed E-state index contributed by atoms with van der Waals surface area (Å²) in [5.41, 5.74) is 2.73. The van der Waals surface area contributed by atoms with E-state index in [9.17, 15) is 4.79 Å². The smallest absolute Gasteiger partial charge is 0.247 e. The number of anilines is 4. The summed E-state index contributed by atoms with van der Waals surface area (Å²) in [6.07, 6.45) is 4.81. The monoisotopic (exact) mass is 491 g/mol. The lowest BCUT2D eigenvalue weighted by molar-refractivity contribution is -0.111. The zero-order valence-corrected chi connectivity index (χ0v) is 20.5. The number of aromatic nitrogens is 3. The summed E-state index contributed by atoms with van der Waals surface area (Å²) in [5.74, 6) is 0.888. The molecule has 182 valence electrons. The normalized spacial score (nSPS) is 13.9. The molecule has 1 aliphatic heterocycles. The first-order valence-corrected chi connectivity index (χ1v) is 12.2. The van der Waals surface area contributed by atoms with Crippen molar-refractivity contribution in [1.82, 2.24) is 19.9 Å². The van der Waals surface area contributed by atoms with Gasteiger partial charge in [0, 0.05) is 73.0 Å². The zero-order chi connectivity index (χ0) is 24.6. The number of carbonyl (C=O) groups excluding carboxylic acids is 1. The van der Waals surface area contributed by atoms with Gasteiger partial charge < -0.3 is 20.6 Å². The van der Waals surface area contributed by atoms with Crippen LogP contribution in [0.2, 0.25) is 0 Å². The molecule has 3 N–H and O–H groups in total. The lowest BCUT2D eigenvalue weighted by Gasteiger charge is -2.35. The third-order valence-electron chi connectivity index (χ3n) is 5.56.